The van der Waals surface area contributed by atoms with Gasteiger partial charge in [0.1, 0.15) is 6.61 Å². The Morgan fingerprint density at radius 3 is 2.55 bits per heavy atom. The molecule has 2 unspecified atom stereocenters. The Bertz CT molecular complexity index is 102. The molecule has 0 amide bonds. The summed E-state index contributed by atoms with van der Waals surface area (Å²) in [5.74, 6) is 0. The van der Waals surface area contributed by atoms with Gasteiger partial charge < -0.3 is 14.6 Å². The van der Waals surface area contributed by atoms with Gasteiger partial charge in [0.15, 0.2) is 0 Å². The van der Waals surface area contributed by atoms with E-state index < -0.39 is 6.10 Å². The quantitative estimate of drug-likeness (QED) is 0.464. The Morgan fingerprint density at radius 2 is 2.09 bits per heavy atom. The molecule has 0 fully saturated rings. The third kappa shape index (κ3) is 5.88. The maximum absolute atomic E-state index is 8.99. The van der Waals surface area contributed by atoms with Crippen molar-refractivity contribution >= 4 is 0 Å². The van der Waals surface area contributed by atoms with Gasteiger partial charge in [0, 0.05) is 0 Å². The van der Waals surface area contributed by atoms with E-state index in [2.05, 4.69) is 6.58 Å². The maximum atomic E-state index is 8.99. The summed E-state index contributed by atoms with van der Waals surface area (Å²) in [4.78, 5) is 0. The van der Waals surface area contributed by atoms with E-state index in [1.807, 2.05) is 6.92 Å². The standard InChI is InChI=1S/C8H16O3/c1-4-10-5-6-11-8(3)7(2)9/h4,7-9H,1,5-6H2,2-3H3. The third-order valence-corrected chi connectivity index (χ3v) is 1.38. The molecule has 0 aliphatic rings. The molecule has 66 valence electrons. The zero-order valence-electron chi connectivity index (χ0n) is 7.12. The van der Waals surface area contributed by atoms with Crippen LogP contribution < -0.4 is 0 Å². The molecule has 0 aliphatic carbocycles. The first-order valence-electron chi connectivity index (χ1n) is 3.70. The average molecular weight is 160 g/mol. The minimum atomic E-state index is -0.432. The van der Waals surface area contributed by atoms with Crippen molar-refractivity contribution < 1.29 is 14.6 Å². The number of rotatable bonds is 6. The Balaban J connectivity index is 3.17. The van der Waals surface area contributed by atoms with Gasteiger partial charge >= 0.3 is 0 Å². The highest BCUT2D eigenvalue weighted by Gasteiger charge is 2.07. The van der Waals surface area contributed by atoms with Crippen molar-refractivity contribution in [2.75, 3.05) is 13.2 Å². The first kappa shape index (κ1) is 10.5. The Kier molecular flexibility index (Phi) is 5.88. The van der Waals surface area contributed by atoms with Crippen molar-refractivity contribution in [3.05, 3.63) is 12.8 Å². The van der Waals surface area contributed by atoms with Crippen LogP contribution in [0.4, 0.5) is 0 Å². The number of aliphatic hydroxyl groups is 1. The summed E-state index contributed by atoms with van der Waals surface area (Å²) in [5, 5.41) is 8.99. The van der Waals surface area contributed by atoms with Gasteiger partial charge in [-0.25, -0.2) is 0 Å². The third-order valence-electron chi connectivity index (χ3n) is 1.38. The fraction of sp³-hybridized carbons (Fsp3) is 0.750. The number of hydrogen-bond donors (Lipinski definition) is 1. The van der Waals surface area contributed by atoms with Crippen molar-refractivity contribution in [2.24, 2.45) is 0 Å². The maximum Gasteiger partial charge on any atom is 0.111 e. The summed E-state index contributed by atoms with van der Waals surface area (Å²) < 4.78 is 10.0. The second kappa shape index (κ2) is 6.19. The van der Waals surface area contributed by atoms with Crippen LogP contribution in [0.3, 0.4) is 0 Å². The van der Waals surface area contributed by atoms with Gasteiger partial charge in [0.2, 0.25) is 0 Å². The van der Waals surface area contributed by atoms with E-state index in [-0.39, 0.29) is 6.10 Å². The first-order chi connectivity index (χ1) is 5.18. The summed E-state index contributed by atoms with van der Waals surface area (Å²) in [5.41, 5.74) is 0. The van der Waals surface area contributed by atoms with Crippen molar-refractivity contribution in [2.45, 2.75) is 26.1 Å². The predicted octanol–water partition coefficient (Wildman–Crippen LogP) is 0.932. The van der Waals surface area contributed by atoms with Crippen LogP contribution >= 0.6 is 0 Å². The molecule has 0 radical (unpaired) electrons. The van der Waals surface area contributed by atoms with Gasteiger partial charge in [0.25, 0.3) is 0 Å². The highest BCUT2D eigenvalue weighted by atomic mass is 16.5. The number of hydrogen-bond acceptors (Lipinski definition) is 3. The van der Waals surface area contributed by atoms with E-state index in [1.54, 1.807) is 6.92 Å². The molecule has 0 aromatic rings. The summed E-state index contributed by atoms with van der Waals surface area (Å²) in [6.07, 6.45) is 0.804. The highest BCUT2D eigenvalue weighted by Crippen LogP contribution is 1.96. The molecule has 2 atom stereocenters. The van der Waals surface area contributed by atoms with Crippen molar-refractivity contribution in [1.29, 1.82) is 0 Å². The first-order valence-corrected chi connectivity index (χ1v) is 3.70. The lowest BCUT2D eigenvalue weighted by molar-refractivity contribution is -0.0312. The lowest BCUT2D eigenvalue weighted by Crippen LogP contribution is -2.24. The van der Waals surface area contributed by atoms with E-state index >= 15 is 0 Å². The monoisotopic (exact) mass is 160 g/mol. The summed E-state index contributed by atoms with van der Waals surface area (Å²) >= 11 is 0. The lowest BCUT2D eigenvalue weighted by Gasteiger charge is -2.14. The number of ether oxygens (including phenoxy) is 2. The SMILES string of the molecule is C=COCCOC(C)C(C)O. The average Bonchev–Trinajstić information content (AvgIpc) is 1.97. The van der Waals surface area contributed by atoms with Crippen LogP contribution in [0.15, 0.2) is 12.8 Å². The molecule has 3 nitrogen and oxygen atoms in total. The van der Waals surface area contributed by atoms with Crippen LogP contribution in [0.25, 0.3) is 0 Å². The van der Waals surface area contributed by atoms with Crippen molar-refractivity contribution in [3.8, 4) is 0 Å². The van der Waals surface area contributed by atoms with E-state index in [0.29, 0.717) is 13.2 Å². The fourth-order valence-electron chi connectivity index (χ4n) is 0.505. The second-order valence-electron chi connectivity index (χ2n) is 2.35. The molecule has 0 aromatic carbocycles. The van der Waals surface area contributed by atoms with Crippen molar-refractivity contribution in [1.82, 2.24) is 0 Å². The Labute approximate surface area is 67.6 Å². The molecule has 0 aliphatic heterocycles. The van der Waals surface area contributed by atoms with Crippen LogP contribution in [-0.4, -0.2) is 30.5 Å². The minimum Gasteiger partial charge on any atom is -0.499 e. The van der Waals surface area contributed by atoms with Gasteiger partial charge in [-0.15, -0.1) is 0 Å². The molecule has 3 heteroatoms. The van der Waals surface area contributed by atoms with E-state index in [0.717, 1.165) is 0 Å². The Morgan fingerprint density at radius 1 is 1.45 bits per heavy atom. The van der Waals surface area contributed by atoms with E-state index in [4.69, 9.17) is 14.6 Å². The number of aliphatic hydroxyl groups excluding tert-OH is 1. The van der Waals surface area contributed by atoms with Gasteiger partial charge in [-0.1, -0.05) is 6.58 Å². The second-order valence-corrected chi connectivity index (χ2v) is 2.35. The van der Waals surface area contributed by atoms with Crippen LogP contribution in [-0.2, 0) is 9.47 Å². The van der Waals surface area contributed by atoms with E-state index in [1.165, 1.54) is 6.26 Å². The molecule has 0 bridgehead atoms. The summed E-state index contributed by atoms with van der Waals surface area (Å²) in [6, 6.07) is 0. The van der Waals surface area contributed by atoms with Crippen LogP contribution in [0, 0.1) is 0 Å². The Hall–Kier alpha value is -0.540. The zero-order chi connectivity index (χ0) is 8.69. The zero-order valence-corrected chi connectivity index (χ0v) is 7.12. The van der Waals surface area contributed by atoms with Gasteiger partial charge in [-0.3, -0.25) is 0 Å². The molecule has 0 saturated heterocycles. The predicted molar refractivity (Wildman–Crippen MR) is 43.2 cm³/mol. The summed E-state index contributed by atoms with van der Waals surface area (Å²) in [6.45, 7) is 7.87. The van der Waals surface area contributed by atoms with Gasteiger partial charge in [0.05, 0.1) is 25.1 Å². The van der Waals surface area contributed by atoms with Crippen LogP contribution in [0.5, 0.6) is 0 Å². The lowest BCUT2D eigenvalue weighted by atomic mass is 10.3. The molecule has 0 saturated carbocycles. The molecular formula is C8H16O3. The smallest absolute Gasteiger partial charge is 0.111 e. The molecule has 0 spiro atoms. The minimum absolute atomic E-state index is 0.136. The molecule has 1 N–H and O–H groups in total. The molecular weight excluding hydrogens is 144 g/mol. The molecule has 11 heavy (non-hydrogen) atoms. The normalized spacial score (nSPS) is 15.5. The van der Waals surface area contributed by atoms with Crippen LogP contribution in [0.2, 0.25) is 0 Å². The van der Waals surface area contributed by atoms with E-state index in [9.17, 15) is 0 Å². The van der Waals surface area contributed by atoms with Crippen molar-refractivity contribution in [3.63, 3.8) is 0 Å². The fourth-order valence-corrected chi connectivity index (χ4v) is 0.505. The van der Waals surface area contributed by atoms with Crippen LogP contribution in [0.1, 0.15) is 13.8 Å². The highest BCUT2D eigenvalue weighted by molar-refractivity contribution is 4.56. The topological polar surface area (TPSA) is 38.7 Å². The molecule has 0 rings (SSSR count). The van der Waals surface area contributed by atoms with Gasteiger partial charge in [-0.2, -0.15) is 0 Å². The molecule has 0 aromatic heterocycles. The summed E-state index contributed by atoms with van der Waals surface area (Å²) in [7, 11) is 0. The van der Waals surface area contributed by atoms with Gasteiger partial charge in [-0.05, 0) is 13.8 Å². The largest absolute Gasteiger partial charge is 0.499 e. The molecule has 0 heterocycles.